The van der Waals surface area contributed by atoms with Crippen molar-refractivity contribution in [2.24, 2.45) is 0 Å². The monoisotopic (exact) mass is 236 g/mol. The third kappa shape index (κ3) is 3.68. The van der Waals surface area contributed by atoms with Gasteiger partial charge in [-0.25, -0.2) is 9.37 Å². The molecule has 0 aliphatic carbocycles. The summed E-state index contributed by atoms with van der Waals surface area (Å²) in [4.78, 5) is 3.82. The first kappa shape index (κ1) is 11.5. The molecule has 0 saturated heterocycles. The Morgan fingerprint density at radius 1 is 1.43 bits per heavy atom. The van der Waals surface area contributed by atoms with Gasteiger partial charge < -0.3 is 5.32 Å². The number of unbranched alkanes of at least 4 members (excludes halogenated alkanes) is 1. The highest BCUT2D eigenvalue weighted by Gasteiger charge is 2.02. The molecule has 0 amide bonds. The van der Waals surface area contributed by atoms with Gasteiger partial charge in [0.25, 0.3) is 0 Å². The van der Waals surface area contributed by atoms with Crippen molar-refractivity contribution in [3.63, 3.8) is 0 Å². The van der Waals surface area contributed by atoms with Crippen molar-refractivity contribution in [1.82, 2.24) is 4.98 Å². The Hall–Kier alpha value is -0.540. The molecule has 0 aliphatic heterocycles. The van der Waals surface area contributed by atoms with Crippen LogP contribution in [0, 0.1) is 5.82 Å². The summed E-state index contributed by atoms with van der Waals surface area (Å²) in [6.07, 6.45) is 3.21. The van der Waals surface area contributed by atoms with Gasteiger partial charge in [-0.1, -0.05) is 11.6 Å². The summed E-state index contributed by atoms with van der Waals surface area (Å²) >= 11 is 11.1. The van der Waals surface area contributed by atoms with Crippen LogP contribution < -0.4 is 5.32 Å². The van der Waals surface area contributed by atoms with Crippen LogP contribution in [0.4, 0.5) is 10.2 Å². The van der Waals surface area contributed by atoms with Crippen LogP contribution in [0.25, 0.3) is 0 Å². The molecule has 0 spiro atoms. The lowest BCUT2D eigenvalue weighted by molar-refractivity contribution is 0.623. The fourth-order valence-corrected chi connectivity index (χ4v) is 1.30. The molecule has 0 bridgehead atoms. The summed E-state index contributed by atoms with van der Waals surface area (Å²) in [7, 11) is 0. The van der Waals surface area contributed by atoms with E-state index in [4.69, 9.17) is 23.2 Å². The number of nitrogens with zero attached hydrogens (tertiary/aromatic N) is 1. The highest BCUT2D eigenvalue weighted by molar-refractivity contribution is 6.30. The molecule has 0 saturated carbocycles. The van der Waals surface area contributed by atoms with E-state index in [1.165, 1.54) is 12.3 Å². The smallest absolute Gasteiger partial charge is 0.166 e. The van der Waals surface area contributed by atoms with Crippen LogP contribution in [0.5, 0.6) is 0 Å². The number of halogens is 3. The minimum atomic E-state index is -0.427. The highest BCUT2D eigenvalue weighted by atomic mass is 35.5. The minimum absolute atomic E-state index is 0.240. The Morgan fingerprint density at radius 2 is 2.21 bits per heavy atom. The molecule has 0 atom stereocenters. The molecule has 1 N–H and O–H groups in total. The summed E-state index contributed by atoms with van der Waals surface area (Å²) < 4.78 is 13.1. The van der Waals surface area contributed by atoms with Crippen LogP contribution in [0.3, 0.4) is 0 Å². The average Bonchev–Trinajstić information content (AvgIpc) is 2.15. The van der Waals surface area contributed by atoms with Crippen LogP contribution in [-0.4, -0.2) is 17.4 Å². The first-order valence-electron chi connectivity index (χ1n) is 4.35. The van der Waals surface area contributed by atoms with E-state index in [0.29, 0.717) is 17.4 Å². The Kier molecular flexibility index (Phi) is 4.98. The van der Waals surface area contributed by atoms with E-state index >= 15 is 0 Å². The molecule has 78 valence electrons. The fraction of sp³-hybridized carbons (Fsp3) is 0.444. The lowest BCUT2D eigenvalue weighted by atomic mass is 10.3. The number of hydrogen-bond donors (Lipinski definition) is 1. The van der Waals surface area contributed by atoms with Gasteiger partial charge in [0.2, 0.25) is 0 Å². The molecule has 0 fully saturated rings. The SMILES string of the molecule is Fc1cc(Cl)cnc1NCCCCCl. The number of aromatic nitrogens is 1. The van der Waals surface area contributed by atoms with Gasteiger partial charge >= 0.3 is 0 Å². The number of hydrogen-bond acceptors (Lipinski definition) is 2. The zero-order valence-electron chi connectivity index (χ0n) is 7.56. The zero-order valence-corrected chi connectivity index (χ0v) is 9.08. The first-order valence-corrected chi connectivity index (χ1v) is 5.26. The lowest BCUT2D eigenvalue weighted by Crippen LogP contribution is -2.05. The molecule has 14 heavy (non-hydrogen) atoms. The second-order valence-electron chi connectivity index (χ2n) is 2.81. The van der Waals surface area contributed by atoms with Crippen LogP contribution in [0.1, 0.15) is 12.8 Å². The predicted molar refractivity (Wildman–Crippen MR) is 57.6 cm³/mol. The number of anilines is 1. The molecule has 5 heteroatoms. The van der Waals surface area contributed by atoms with Gasteiger partial charge in [-0.15, -0.1) is 11.6 Å². The molecular weight excluding hydrogens is 226 g/mol. The molecule has 0 radical (unpaired) electrons. The summed E-state index contributed by atoms with van der Waals surface area (Å²) in [5.74, 6) is 0.436. The molecule has 0 unspecified atom stereocenters. The van der Waals surface area contributed by atoms with Crippen molar-refractivity contribution in [3.05, 3.63) is 23.1 Å². The molecular formula is C9H11Cl2FN2. The Labute approximate surface area is 92.4 Å². The Bertz CT molecular complexity index is 294. The molecule has 2 nitrogen and oxygen atoms in total. The fourth-order valence-electron chi connectivity index (χ4n) is 0.971. The van der Waals surface area contributed by atoms with Crippen LogP contribution in [-0.2, 0) is 0 Å². The van der Waals surface area contributed by atoms with Gasteiger partial charge in [-0.05, 0) is 18.9 Å². The molecule has 0 aliphatic rings. The quantitative estimate of drug-likeness (QED) is 0.627. The van der Waals surface area contributed by atoms with Gasteiger partial charge in [0, 0.05) is 18.6 Å². The maximum absolute atomic E-state index is 13.1. The largest absolute Gasteiger partial charge is 0.368 e. The summed E-state index contributed by atoms with van der Waals surface area (Å²) in [5.41, 5.74) is 0. The number of nitrogens with one attached hydrogen (secondary N) is 1. The number of rotatable bonds is 5. The van der Waals surface area contributed by atoms with Crippen molar-refractivity contribution in [2.75, 3.05) is 17.7 Å². The normalized spacial score (nSPS) is 10.2. The standard InChI is InChI=1S/C9H11Cl2FN2/c10-3-1-2-4-13-9-8(12)5-7(11)6-14-9/h5-6H,1-4H2,(H,13,14). The Morgan fingerprint density at radius 3 is 2.86 bits per heavy atom. The maximum atomic E-state index is 13.1. The van der Waals surface area contributed by atoms with Crippen molar-refractivity contribution >= 4 is 29.0 Å². The van der Waals surface area contributed by atoms with Gasteiger partial charge in [0.05, 0.1) is 5.02 Å². The van der Waals surface area contributed by atoms with E-state index < -0.39 is 5.82 Å². The van der Waals surface area contributed by atoms with Crippen molar-refractivity contribution < 1.29 is 4.39 Å². The van der Waals surface area contributed by atoms with E-state index in [1.807, 2.05) is 0 Å². The molecule has 1 aromatic heterocycles. The van der Waals surface area contributed by atoms with Crippen molar-refractivity contribution in [1.29, 1.82) is 0 Å². The topological polar surface area (TPSA) is 24.9 Å². The average molecular weight is 237 g/mol. The highest BCUT2D eigenvalue weighted by Crippen LogP contribution is 2.15. The first-order chi connectivity index (χ1) is 6.74. The minimum Gasteiger partial charge on any atom is -0.368 e. The van der Waals surface area contributed by atoms with E-state index in [2.05, 4.69) is 10.3 Å². The van der Waals surface area contributed by atoms with Crippen LogP contribution in [0.15, 0.2) is 12.3 Å². The van der Waals surface area contributed by atoms with Crippen LogP contribution >= 0.6 is 23.2 Å². The van der Waals surface area contributed by atoms with Crippen molar-refractivity contribution in [2.45, 2.75) is 12.8 Å². The number of alkyl halides is 1. The van der Waals surface area contributed by atoms with Gasteiger partial charge in [-0.2, -0.15) is 0 Å². The summed E-state index contributed by atoms with van der Waals surface area (Å²) in [6, 6.07) is 1.23. The second-order valence-corrected chi connectivity index (χ2v) is 3.62. The van der Waals surface area contributed by atoms with E-state index in [0.717, 1.165) is 12.8 Å². The van der Waals surface area contributed by atoms with Crippen LogP contribution in [0.2, 0.25) is 5.02 Å². The zero-order chi connectivity index (χ0) is 10.4. The van der Waals surface area contributed by atoms with E-state index in [-0.39, 0.29) is 5.82 Å². The molecule has 1 rings (SSSR count). The van der Waals surface area contributed by atoms with Gasteiger partial charge in [-0.3, -0.25) is 0 Å². The predicted octanol–water partition coefficient (Wildman–Crippen LogP) is 3.31. The molecule has 1 heterocycles. The molecule has 1 aromatic rings. The van der Waals surface area contributed by atoms with Gasteiger partial charge in [0.1, 0.15) is 0 Å². The third-order valence-corrected chi connectivity index (χ3v) is 2.13. The van der Waals surface area contributed by atoms with Crippen molar-refractivity contribution in [3.8, 4) is 0 Å². The van der Waals surface area contributed by atoms with E-state index in [9.17, 15) is 4.39 Å². The van der Waals surface area contributed by atoms with E-state index in [1.54, 1.807) is 0 Å². The Balaban J connectivity index is 2.42. The maximum Gasteiger partial charge on any atom is 0.166 e. The number of pyridine rings is 1. The lowest BCUT2D eigenvalue weighted by Gasteiger charge is -2.05. The third-order valence-electron chi connectivity index (χ3n) is 1.66. The second kappa shape index (κ2) is 6.04. The summed E-state index contributed by atoms with van der Waals surface area (Å²) in [5, 5.41) is 3.17. The van der Waals surface area contributed by atoms with Gasteiger partial charge in [0.15, 0.2) is 11.6 Å². The molecule has 0 aromatic carbocycles. The summed E-state index contributed by atoms with van der Waals surface area (Å²) in [6.45, 7) is 0.665.